The van der Waals surface area contributed by atoms with Crippen LogP contribution in [0.4, 0.5) is 0 Å². The van der Waals surface area contributed by atoms with Crippen molar-refractivity contribution >= 4 is 27.7 Å². The van der Waals surface area contributed by atoms with Gasteiger partial charge in [-0.3, -0.25) is 9.59 Å². The lowest BCUT2D eigenvalue weighted by Crippen LogP contribution is -2.42. The largest absolute Gasteiger partial charge is 0.351 e. The lowest BCUT2D eigenvalue weighted by atomic mass is 9.78. The van der Waals surface area contributed by atoms with Crippen LogP contribution in [0.5, 0.6) is 0 Å². The van der Waals surface area contributed by atoms with Crippen molar-refractivity contribution in [1.29, 1.82) is 0 Å². The summed E-state index contributed by atoms with van der Waals surface area (Å²) in [5, 5.41) is 3.15. The van der Waals surface area contributed by atoms with Crippen LogP contribution < -0.4 is 5.32 Å². The van der Waals surface area contributed by atoms with Gasteiger partial charge in [-0.2, -0.15) is 0 Å². The molecule has 2 fully saturated rings. The number of carbonyl (C=O) groups excluding carboxylic acids is 2. The molecule has 2 aromatic carbocycles. The smallest absolute Gasteiger partial charge is 0.253 e. The second kappa shape index (κ2) is 8.70. The maximum atomic E-state index is 13.3. The summed E-state index contributed by atoms with van der Waals surface area (Å²) in [6.45, 7) is 2.13. The molecule has 1 heterocycles. The molecule has 2 amide bonds. The molecule has 0 atom stereocenters. The number of hydrogen-bond donors (Lipinski definition) is 1. The molecule has 1 saturated heterocycles. The van der Waals surface area contributed by atoms with Crippen LogP contribution in [0.1, 0.15) is 60.0 Å². The van der Waals surface area contributed by atoms with Crippen molar-refractivity contribution < 1.29 is 9.59 Å². The van der Waals surface area contributed by atoms with Gasteiger partial charge in [0, 0.05) is 29.7 Å². The highest BCUT2D eigenvalue weighted by atomic mass is 79.9. The van der Waals surface area contributed by atoms with E-state index in [-0.39, 0.29) is 11.8 Å². The first kappa shape index (κ1) is 20.1. The number of carbonyl (C=O) groups is 2. The number of nitrogens with one attached hydrogen (secondary N) is 1. The predicted octanol–water partition coefficient (Wildman–Crippen LogP) is 4.81. The lowest BCUT2D eigenvalue weighted by molar-refractivity contribution is -0.126. The summed E-state index contributed by atoms with van der Waals surface area (Å²) in [5.74, 6) is 0.186. The number of amides is 2. The molecular weight excluding hydrogens is 428 g/mol. The number of benzene rings is 2. The average molecular weight is 455 g/mol. The van der Waals surface area contributed by atoms with E-state index in [0.717, 1.165) is 67.2 Å². The topological polar surface area (TPSA) is 49.4 Å². The Kier molecular flexibility index (Phi) is 6.04. The van der Waals surface area contributed by atoms with E-state index in [1.807, 2.05) is 41.3 Å². The van der Waals surface area contributed by atoms with E-state index in [4.69, 9.17) is 0 Å². The Morgan fingerprint density at radius 1 is 0.966 bits per heavy atom. The van der Waals surface area contributed by atoms with Crippen molar-refractivity contribution in [3.05, 3.63) is 69.7 Å². The summed E-state index contributed by atoms with van der Waals surface area (Å²) in [6, 6.07) is 15.8. The molecule has 4 nitrogen and oxygen atoms in total. The van der Waals surface area contributed by atoms with Crippen molar-refractivity contribution in [2.45, 2.75) is 50.5 Å². The number of rotatable bonds is 5. The fourth-order valence-electron chi connectivity index (χ4n) is 4.66. The fraction of sp³-hybridized carbons (Fsp3) is 0.417. The molecule has 0 bridgehead atoms. The van der Waals surface area contributed by atoms with Crippen LogP contribution in [0.15, 0.2) is 53.0 Å². The minimum Gasteiger partial charge on any atom is -0.351 e. The van der Waals surface area contributed by atoms with Crippen LogP contribution in [0.25, 0.3) is 0 Å². The normalized spacial score (nSPS) is 18.0. The Bertz CT molecular complexity index is 882. The maximum absolute atomic E-state index is 13.3. The van der Waals surface area contributed by atoms with E-state index in [2.05, 4.69) is 33.4 Å². The Hall–Kier alpha value is -2.14. The van der Waals surface area contributed by atoms with Gasteiger partial charge in [-0.1, -0.05) is 53.0 Å². The fourth-order valence-corrected chi connectivity index (χ4v) is 4.93. The van der Waals surface area contributed by atoms with Crippen molar-refractivity contribution in [2.75, 3.05) is 13.1 Å². The van der Waals surface area contributed by atoms with Crippen LogP contribution in [0, 0.1) is 0 Å². The monoisotopic (exact) mass is 454 g/mol. The summed E-state index contributed by atoms with van der Waals surface area (Å²) in [4.78, 5) is 27.8. The van der Waals surface area contributed by atoms with E-state index >= 15 is 0 Å². The van der Waals surface area contributed by atoms with Gasteiger partial charge in [0.05, 0.1) is 5.41 Å². The Labute approximate surface area is 180 Å². The molecule has 1 aliphatic carbocycles. The minimum absolute atomic E-state index is 0.0913. The summed E-state index contributed by atoms with van der Waals surface area (Å²) in [7, 11) is 0. The highest BCUT2D eigenvalue weighted by Gasteiger charge is 2.42. The first-order valence-electron chi connectivity index (χ1n) is 10.5. The van der Waals surface area contributed by atoms with Crippen molar-refractivity contribution in [3.63, 3.8) is 0 Å². The summed E-state index contributed by atoms with van der Waals surface area (Å²) in [5.41, 5.74) is 2.33. The quantitative estimate of drug-likeness (QED) is 0.704. The average Bonchev–Trinajstić information content (AvgIpc) is 3.45. The maximum Gasteiger partial charge on any atom is 0.253 e. The summed E-state index contributed by atoms with van der Waals surface area (Å²) >= 11 is 3.48. The highest BCUT2D eigenvalue weighted by Crippen LogP contribution is 2.41. The minimum atomic E-state index is -0.441. The highest BCUT2D eigenvalue weighted by molar-refractivity contribution is 9.10. The number of hydrogen-bond acceptors (Lipinski definition) is 2. The molecule has 0 unspecified atom stereocenters. The number of likely N-dealkylation sites (tertiary alicyclic amines) is 1. The molecule has 29 heavy (non-hydrogen) atoms. The third-order valence-corrected chi connectivity index (χ3v) is 6.84. The second-order valence-corrected chi connectivity index (χ2v) is 9.09. The van der Waals surface area contributed by atoms with E-state index in [1.54, 1.807) is 0 Å². The zero-order valence-electron chi connectivity index (χ0n) is 16.6. The molecule has 1 aliphatic heterocycles. The van der Waals surface area contributed by atoms with Gasteiger partial charge in [0.15, 0.2) is 0 Å². The van der Waals surface area contributed by atoms with Crippen molar-refractivity contribution in [1.82, 2.24) is 10.2 Å². The third-order valence-electron chi connectivity index (χ3n) is 6.31. The molecule has 1 saturated carbocycles. The van der Waals surface area contributed by atoms with E-state index in [1.165, 1.54) is 0 Å². The SMILES string of the molecule is O=C(c1cccc(CNC(=O)C2(c3ccc(Br)cc3)CCCC2)c1)N1CCCC1. The van der Waals surface area contributed by atoms with Crippen LogP contribution in [-0.2, 0) is 16.8 Å². The van der Waals surface area contributed by atoms with E-state index < -0.39 is 5.41 Å². The zero-order chi connectivity index (χ0) is 20.3. The molecule has 2 aromatic rings. The van der Waals surface area contributed by atoms with Gasteiger partial charge in [0.25, 0.3) is 5.91 Å². The predicted molar refractivity (Wildman–Crippen MR) is 118 cm³/mol. The Morgan fingerprint density at radius 2 is 1.66 bits per heavy atom. The van der Waals surface area contributed by atoms with Crippen LogP contribution in [0.2, 0.25) is 0 Å². The van der Waals surface area contributed by atoms with Crippen LogP contribution >= 0.6 is 15.9 Å². The van der Waals surface area contributed by atoms with Gasteiger partial charge in [0.2, 0.25) is 5.91 Å². The number of halogens is 1. The van der Waals surface area contributed by atoms with Gasteiger partial charge in [0.1, 0.15) is 0 Å². The molecule has 2 aliphatic rings. The molecule has 0 radical (unpaired) electrons. The third kappa shape index (κ3) is 4.25. The van der Waals surface area contributed by atoms with Gasteiger partial charge >= 0.3 is 0 Å². The van der Waals surface area contributed by atoms with Gasteiger partial charge in [-0.25, -0.2) is 0 Å². The second-order valence-electron chi connectivity index (χ2n) is 8.18. The lowest BCUT2D eigenvalue weighted by Gasteiger charge is -2.28. The van der Waals surface area contributed by atoms with Crippen LogP contribution in [-0.4, -0.2) is 29.8 Å². The van der Waals surface area contributed by atoms with Crippen molar-refractivity contribution in [3.8, 4) is 0 Å². The Morgan fingerprint density at radius 3 is 2.34 bits per heavy atom. The van der Waals surface area contributed by atoms with Gasteiger partial charge < -0.3 is 10.2 Å². The summed E-state index contributed by atoms with van der Waals surface area (Å²) < 4.78 is 1.02. The zero-order valence-corrected chi connectivity index (χ0v) is 18.2. The first-order chi connectivity index (χ1) is 14.1. The molecule has 5 heteroatoms. The molecular formula is C24H27BrN2O2. The molecule has 1 N–H and O–H groups in total. The van der Waals surface area contributed by atoms with E-state index in [0.29, 0.717) is 12.1 Å². The molecule has 152 valence electrons. The van der Waals surface area contributed by atoms with Gasteiger partial charge in [-0.05, 0) is 61.1 Å². The number of nitrogens with zero attached hydrogens (tertiary/aromatic N) is 1. The Balaban J connectivity index is 1.46. The molecule has 0 aromatic heterocycles. The molecule has 0 spiro atoms. The molecule has 4 rings (SSSR count). The van der Waals surface area contributed by atoms with E-state index in [9.17, 15) is 9.59 Å². The van der Waals surface area contributed by atoms with Crippen molar-refractivity contribution in [2.24, 2.45) is 0 Å². The van der Waals surface area contributed by atoms with Crippen LogP contribution in [0.3, 0.4) is 0 Å². The summed E-state index contributed by atoms with van der Waals surface area (Å²) in [6.07, 6.45) is 6.08. The standard InChI is InChI=1S/C24H27BrN2O2/c25-21-10-8-20(9-11-21)24(12-1-2-13-24)23(29)26-17-18-6-5-7-19(16-18)22(28)27-14-3-4-15-27/h5-11,16H,1-4,12-15,17H2,(H,26,29). The van der Waals surface area contributed by atoms with Gasteiger partial charge in [-0.15, -0.1) is 0 Å². The first-order valence-corrected chi connectivity index (χ1v) is 11.3.